The van der Waals surface area contributed by atoms with Crippen LogP contribution in [0, 0.1) is 45.3 Å². The minimum absolute atomic E-state index is 0.000258. The molecule has 6 fully saturated rings. The van der Waals surface area contributed by atoms with E-state index in [0.717, 1.165) is 12.0 Å². The van der Waals surface area contributed by atoms with Crippen molar-refractivity contribution in [2.75, 3.05) is 13.2 Å². The van der Waals surface area contributed by atoms with Gasteiger partial charge in [-0.05, 0) is 117 Å². The first-order valence-electron chi connectivity index (χ1n) is 21.0. The van der Waals surface area contributed by atoms with E-state index in [9.17, 15) is 51.1 Å². The number of ether oxygens (including phenoxy) is 4. The Bertz CT molecular complexity index is 1400. The lowest BCUT2D eigenvalue weighted by atomic mass is 9.34. The Labute approximate surface area is 331 Å². The van der Waals surface area contributed by atoms with Crippen LogP contribution in [0.15, 0.2) is 11.6 Å². The van der Waals surface area contributed by atoms with Crippen molar-refractivity contribution in [1.29, 1.82) is 0 Å². The van der Waals surface area contributed by atoms with Crippen molar-refractivity contribution in [3.63, 3.8) is 0 Å². The molecular formula is C42H72O14. The second-order valence-corrected chi connectivity index (χ2v) is 20.2. The lowest BCUT2D eigenvalue weighted by Gasteiger charge is -2.72. The van der Waals surface area contributed by atoms with E-state index < -0.39 is 120 Å². The highest BCUT2D eigenvalue weighted by Crippen LogP contribution is 2.76. The molecule has 4 aliphatic carbocycles. The highest BCUT2D eigenvalue weighted by Gasteiger charge is 2.74. The van der Waals surface area contributed by atoms with Crippen LogP contribution in [0.4, 0.5) is 0 Å². The lowest BCUT2D eigenvalue weighted by molar-refractivity contribution is -0.349. The number of aliphatic hydroxyl groups excluding tert-OH is 10. The quantitative estimate of drug-likeness (QED) is 0.110. The molecule has 0 aromatic carbocycles. The van der Waals surface area contributed by atoms with Gasteiger partial charge in [0.05, 0.1) is 37.1 Å². The Morgan fingerprint density at radius 1 is 0.750 bits per heavy atom. The van der Waals surface area contributed by atoms with E-state index in [1.165, 1.54) is 0 Å². The maximum Gasteiger partial charge on any atom is 0.187 e. The third-order valence-electron chi connectivity index (χ3n) is 16.6. The molecule has 2 saturated heterocycles. The Balaban J connectivity index is 1.39. The first-order valence-corrected chi connectivity index (χ1v) is 21.0. The fourth-order valence-corrected chi connectivity index (χ4v) is 13.5. The van der Waals surface area contributed by atoms with Crippen molar-refractivity contribution < 1.29 is 70.0 Å². The summed E-state index contributed by atoms with van der Waals surface area (Å²) in [5.41, 5.74) is -1.92. The molecule has 0 aromatic heterocycles. The summed E-state index contributed by atoms with van der Waals surface area (Å²) in [6, 6.07) is 0. The fraction of sp³-hybridized carbons (Fsp3) is 0.952. The topological polar surface area (TPSA) is 239 Å². The molecule has 0 bridgehead atoms. The zero-order valence-electron chi connectivity index (χ0n) is 34.6. The van der Waals surface area contributed by atoms with E-state index in [-0.39, 0.29) is 23.7 Å². The monoisotopic (exact) mass is 800 g/mol. The summed E-state index contributed by atoms with van der Waals surface area (Å²) in [4.78, 5) is 0. The second kappa shape index (κ2) is 15.9. The van der Waals surface area contributed by atoms with Crippen LogP contribution in [-0.4, -0.2) is 150 Å². The molecule has 2 aliphatic heterocycles. The molecule has 14 heteroatoms. The summed E-state index contributed by atoms with van der Waals surface area (Å²) in [7, 11) is 0. The summed E-state index contributed by atoms with van der Waals surface area (Å²) in [6.45, 7) is 15.7. The van der Waals surface area contributed by atoms with Crippen molar-refractivity contribution in [3.05, 3.63) is 11.6 Å². The molecule has 0 aromatic rings. The average Bonchev–Trinajstić information content (AvgIpc) is 3.52. The molecule has 21 atom stereocenters. The van der Waals surface area contributed by atoms with Crippen LogP contribution in [0.5, 0.6) is 0 Å². The summed E-state index contributed by atoms with van der Waals surface area (Å²) < 4.78 is 25.4. The SMILES string of the molecule is CC(C)=CCC[C@](C)(O[C@@H]1O[C@H](CO)[C@@H](O)[C@H](O)[C@H]1O)[C@H]1CC[C@]2(C)[C@H]1[C@H](O)C[C@@H]1[C@@]3(C)CC[C@H](O)C(C)(C)[C@@H]3[C@@H](O[C@@H]3O[C@H](CO)[C@@H](O)[C@H](O)[C@H]3O)C[C@]12C. The van der Waals surface area contributed by atoms with Gasteiger partial charge in [0.15, 0.2) is 12.6 Å². The molecule has 10 N–H and O–H groups in total. The molecule has 6 aliphatic rings. The predicted octanol–water partition coefficient (Wildman–Crippen LogP) is 1.12. The Morgan fingerprint density at radius 2 is 1.32 bits per heavy atom. The van der Waals surface area contributed by atoms with Crippen molar-refractivity contribution in [3.8, 4) is 0 Å². The van der Waals surface area contributed by atoms with Gasteiger partial charge in [-0.25, -0.2) is 0 Å². The maximum atomic E-state index is 12.6. The molecule has 0 radical (unpaired) electrons. The highest BCUT2D eigenvalue weighted by molar-refractivity contribution is 5.22. The van der Waals surface area contributed by atoms with Gasteiger partial charge in [-0.15, -0.1) is 0 Å². The number of allylic oxidation sites excluding steroid dienone is 2. The standard InChI is InChI=1S/C42H72O14/c1-20(2)10-9-13-42(8,56-37-34(52)32(50)30(48)25(19-44)55-37)21-11-15-40(6)28(21)22(45)16-26-39(5)14-12-27(46)38(3,4)35(39)23(17-41(26,40)7)53-36-33(51)31(49)29(47)24(18-43)54-36/h10,21-37,43-52H,9,11-19H2,1-8H3/t21-,22+,23-,24+,25+,26+,27-,28+,29+,30+,31-,32-,33+,34+,35-,36+,37-,39+,40+,41+,42-/m0/s1. The fourth-order valence-electron chi connectivity index (χ4n) is 13.5. The van der Waals surface area contributed by atoms with Crippen LogP contribution in [0.25, 0.3) is 0 Å². The van der Waals surface area contributed by atoms with Gasteiger partial charge in [-0.3, -0.25) is 0 Å². The first kappa shape index (κ1) is 44.7. The van der Waals surface area contributed by atoms with Gasteiger partial charge < -0.3 is 70.0 Å². The third kappa shape index (κ3) is 7.06. The zero-order valence-corrected chi connectivity index (χ0v) is 34.6. The minimum Gasteiger partial charge on any atom is -0.394 e. The summed E-state index contributed by atoms with van der Waals surface area (Å²) in [5, 5.41) is 109. The number of aliphatic hydroxyl groups is 10. The Kier molecular flexibility index (Phi) is 12.7. The van der Waals surface area contributed by atoms with Gasteiger partial charge in [0.1, 0.15) is 48.8 Å². The minimum atomic E-state index is -1.61. The first-order chi connectivity index (χ1) is 26.0. The molecule has 324 valence electrons. The smallest absolute Gasteiger partial charge is 0.187 e. The van der Waals surface area contributed by atoms with Crippen LogP contribution >= 0.6 is 0 Å². The van der Waals surface area contributed by atoms with E-state index in [2.05, 4.69) is 26.8 Å². The zero-order chi connectivity index (χ0) is 41.5. The lowest BCUT2D eigenvalue weighted by Crippen LogP contribution is -2.71. The van der Waals surface area contributed by atoms with Gasteiger partial charge in [0, 0.05) is 0 Å². The summed E-state index contributed by atoms with van der Waals surface area (Å²) in [5.74, 6) is -0.781. The molecule has 56 heavy (non-hydrogen) atoms. The number of hydrogen-bond donors (Lipinski definition) is 10. The van der Waals surface area contributed by atoms with E-state index in [1.54, 1.807) is 0 Å². The van der Waals surface area contributed by atoms with E-state index in [1.807, 2.05) is 34.6 Å². The van der Waals surface area contributed by atoms with Crippen LogP contribution in [-0.2, 0) is 18.9 Å². The largest absolute Gasteiger partial charge is 0.394 e. The van der Waals surface area contributed by atoms with E-state index in [4.69, 9.17) is 18.9 Å². The highest BCUT2D eigenvalue weighted by atomic mass is 16.7. The summed E-state index contributed by atoms with van der Waals surface area (Å²) >= 11 is 0. The molecule has 2 heterocycles. The van der Waals surface area contributed by atoms with Crippen LogP contribution in [0.3, 0.4) is 0 Å². The normalized spacial score (nSPS) is 52.6. The van der Waals surface area contributed by atoms with Crippen molar-refractivity contribution in [1.82, 2.24) is 0 Å². The van der Waals surface area contributed by atoms with Gasteiger partial charge in [0.25, 0.3) is 0 Å². The Hall–Kier alpha value is -0.820. The molecule has 0 unspecified atom stereocenters. The number of hydrogen-bond acceptors (Lipinski definition) is 14. The van der Waals surface area contributed by atoms with Crippen molar-refractivity contribution in [2.24, 2.45) is 45.3 Å². The second-order valence-electron chi connectivity index (χ2n) is 20.2. The number of fused-ring (bicyclic) bond motifs is 5. The maximum absolute atomic E-state index is 12.6. The van der Waals surface area contributed by atoms with Gasteiger partial charge in [0.2, 0.25) is 0 Å². The van der Waals surface area contributed by atoms with Gasteiger partial charge >= 0.3 is 0 Å². The molecule has 0 amide bonds. The molecular weight excluding hydrogens is 728 g/mol. The van der Waals surface area contributed by atoms with Crippen LogP contribution in [0.1, 0.15) is 107 Å². The molecule has 4 saturated carbocycles. The van der Waals surface area contributed by atoms with Crippen molar-refractivity contribution in [2.45, 2.75) is 192 Å². The molecule has 6 rings (SSSR count). The van der Waals surface area contributed by atoms with Gasteiger partial charge in [-0.1, -0.05) is 46.3 Å². The average molecular weight is 801 g/mol. The number of rotatable bonds is 10. The van der Waals surface area contributed by atoms with Gasteiger partial charge in [-0.2, -0.15) is 0 Å². The van der Waals surface area contributed by atoms with E-state index >= 15 is 0 Å². The van der Waals surface area contributed by atoms with Crippen molar-refractivity contribution >= 4 is 0 Å². The predicted molar refractivity (Wildman–Crippen MR) is 202 cm³/mol. The third-order valence-corrected chi connectivity index (χ3v) is 16.6. The van der Waals surface area contributed by atoms with E-state index in [0.29, 0.717) is 44.9 Å². The summed E-state index contributed by atoms with van der Waals surface area (Å²) in [6.07, 6.45) is -9.52. The van der Waals surface area contributed by atoms with Crippen LogP contribution < -0.4 is 0 Å². The molecule has 0 spiro atoms. The van der Waals surface area contributed by atoms with Crippen LogP contribution in [0.2, 0.25) is 0 Å². The molecule has 14 nitrogen and oxygen atoms in total. The Morgan fingerprint density at radius 3 is 1.89 bits per heavy atom.